The Kier molecular flexibility index (Phi) is 5.72. The number of alkyl halides is 1. The highest BCUT2D eigenvalue weighted by molar-refractivity contribution is 9.08. The number of amides is 1. The molecule has 0 saturated heterocycles. The van der Waals surface area contributed by atoms with E-state index < -0.39 is 0 Å². The minimum atomic E-state index is -0.265. The first-order valence-electron chi connectivity index (χ1n) is 6.74. The lowest BCUT2D eigenvalue weighted by atomic mass is 10.1. The van der Waals surface area contributed by atoms with Crippen LogP contribution in [0.2, 0.25) is 0 Å². The molecule has 0 bridgehead atoms. The van der Waals surface area contributed by atoms with Crippen LogP contribution in [0.3, 0.4) is 0 Å². The van der Waals surface area contributed by atoms with Crippen LogP contribution in [-0.4, -0.2) is 25.3 Å². The fourth-order valence-electron chi connectivity index (χ4n) is 1.96. The Balaban J connectivity index is 1.99. The summed E-state index contributed by atoms with van der Waals surface area (Å²) < 4.78 is 5.08. The van der Waals surface area contributed by atoms with Crippen molar-refractivity contribution in [2.75, 3.05) is 13.7 Å². The van der Waals surface area contributed by atoms with E-state index in [1.807, 2.05) is 12.1 Å². The van der Waals surface area contributed by atoms with Crippen LogP contribution in [0, 0.1) is 0 Å². The van der Waals surface area contributed by atoms with Crippen molar-refractivity contribution in [2.45, 2.75) is 5.33 Å². The third-order valence-corrected chi connectivity index (χ3v) is 3.79. The normalized spacial score (nSPS) is 10.1. The predicted molar refractivity (Wildman–Crippen MR) is 88.7 cm³/mol. The van der Waals surface area contributed by atoms with Gasteiger partial charge in [-0.3, -0.25) is 9.59 Å². The van der Waals surface area contributed by atoms with Crippen LogP contribution in [0.5, 0.6) is 5.75 Å². The molecule has 0 aliphatic rings. The smallest absolute Gasteiger partial charge is 0.251 e. The highest BCUT2D eigenvalue weighted by atomic mass is 79.9. The van der Waals surface area contributed by atoms with Gasteiger partial charge >= 0.3 is 0 Å². The molecule has 0 atom stereocenters. The summed E-state index contributed by atoms with van der Waals surface area (Å²) in [5.74, 6) is 0.185. The van der Waals surface area contributed by atoms with Crippen molar-refractivity contribution in [3.8, 4) is 5.75 Å². The van der Waals surface area contributed by atoms with Gasteiger partial charge in [0.15, 0.2) is 5.78 Å². The molecule has 0 spiro atoms. The standard InChI is InChI=1S/C17H16BrNO3/c1-22-15-7-3-5-13(9-15)16(20)11-19-17(21)14-6-2-4-12(8-14)10-18/h2-9H,10-11H2,1H3,(H,19,21). The first kappa shape index (κ1) is 16.2. The Morgan fingerprint density at radius 2 is 1.82 bits per heavy atom. The largest absolute Gasteiger partial charge is 0.497 e. The molecule has 22 heavy (non-hydrogen) atoms. The Hall–Kier alpha value is -2.14. The minimum Gasteiger partial charge on any atom is -0.497 e. The van der Waals surface area contributed by atoms with Crippen molar-refractivity contribution in [1.82, 2.24) is 5.32 Å². The average Bonchev–Trinajstić information content (AvgIpc) is 2.59. The molecule has 1 amide bonds. The monoisotopic (exact) mass is 361 g/mol. The zero-order valence-electron chi connectivity index (χ0n) is 12.1. The lowest BCUT2D eigenvalue weighted by Crippen LogP contribution is -2.29. The Morgan fingerprint density at radius 3 is 2.55 bits per heavy atom. The molecule has 0 saturated carbocycles. The zero-order valence-corrected chi connectivity index (χ0v) is 13.7. The molecule has 1 N–H and O–H groups in total. The van der Waals surface area contributed by atoms with Gasteiger partial charge in [0, 0.05) is 16.5 Å². The second-order valence-electron chi connectivity index (χ2n) is 4.67. The van der Waals surface area contributed by atoms with Crippen LogP contribution in [0.4, 0.5) is 0 Å². The lowest BCUT2D eigenvalue weighted by molar-refractivity contribution is 0.0904. The molecular formula is C17H16BrNO3. The van der Waals surface area contributed by atoms with Gasteiger partial charge < -0.3 is 10.1 Å². The van der Waals surface area contributed by atoms with Gasteiger partial charge in [-0.2, -0.15) is 0 Å². The number of halogens is 1. The van der Waals surface area contributed by atoms with Gasteiger partial charge in [0.05, 0.1) is 13.7 Å². The number of nitrogens with one attached hydrogen (secondary N) is 1. The number of carbonyl (C=O) groups is 2. The van der Waals surface area contributed by atoms with E-state index in [1.165, 1.54) is 0 Å². The van der Waals surface area contributed by atoms with Gasteiger partial charge in [0.25, 0.3) is 5.91 Å². The maximum absolute atomic E-state index is 12.1. The molecule has 114 valence electrons. The van der Waals surface area contributed by atoms with Crippen molar-refractivity contribution in [2.24, 2.45) is 0 Å². The summed E-state index contributed by atoms with van der Waals surface area (Å²) in [7, 11) is 1.54. The zero-order chi connectivity index (χ0) is 15.9. The summed E-state index contributed by atoms with van der Waals surface area (Å²) in [5, 5.41) is 3.32. The number of hydrogen-bond acceptors (Lipinski definition) is 3. The molecule has 2 aromatic rings. The van der Waals surface area contributed by atoms with Gasteiger partial charge in [-0.1, -0.05) is 40.2 Å². The number of carbonyl (C=O) groups excluding carboxylic acids is 2. The van der Waals surface area contributed by atoms with E-state index in [0.717, 1.165) is 5.56 Å². The summed E-state index contributed by atoms with van der Waals surface area (Å²) in [6, 6.07) is 14.1. The summed E-state index contributed by atoms with van der Waals surface area (Å²) in [4.78, 5) is 24.2. The van der Waals surface area contributed by atoms with Crippen molar-refractivity contribution in [3.05, 3.63) is 65.2 Å². The van der Waals surface area contributed by atoms with E-state index in [-0.39, 0.29) is 18.2 Å². The van der Waals surface area contributed by atoms with Crippen molar-refractivity contribution in [3.63, 3.8) is 0 Å². The van der Waals surface area contributed by atoms with Gasteiger partial charge in [-0.25, -0.2) is 0 Å². The maximum Gasteiger partial charge on any atom is 0.251 e. The summed E-state index contributed by atoms with van der Waals surface area (Å²) in [6.45, 7) is -0.0511. The van der Waals surface area contributed by atoms with E-state index in [2.05, 4.69) is 21.2 Å². The second kappa shape index (κ2) is 7.75. The third-order valence-electron chi connectivity index (χ3n) is 3.14. The van der Waals surface area contributed by atoms with E-state index in [1.54, 1.807) is 43.5 Å². The van der Waals surface area contributed by atoms with Gasteiger partial charge in [-0.15, -0.1) is 0 Å². The van der Waals surface area contributed by atoms with Gasteiger partial charge in [0.2, 0.25) is 0 Å². The Morgan fingerprint density at radius 1 is 1.09 bits per heavy atom. The summed E-state index contributed by atoms with van der Waals surface area (Å²) >= 11 is 3.35. The SMILES string of the molecule is COc1cccc(C(=O)CNC(=O)c2cccc(CBr)c2)c1. The lowest BCUT2D eigenvalue weighted by Gasteiger charge is -2.07. The molecule has 0 unspecified atom stereocenters. The van der Waals surface area contributed by atoms with E-state index in [0.29, 0.717) is 22.2 Å². The first-order valence-corrected chi connectivity index (χ1v) is 7.86. The van der Waals surface area contributed by atoms with E-state index in [4.69, 9.17) is 4.74 Å². The number of Topliss-reactive ketones (excluding diaryl/α,β-unsaturated/α-hetero) is 1. The average molecular weight is 362 g/mol. The number of hydrogen-bond donors (Lipinski definition) is 1. The molecule has 0 aliphatic heterocycles. The number of benzene rings is 2. The van der Waals surface area contributed by atoms with Crippen LogP contribution in [0.25, 0.3) is 0 Å². The van der Waals surface area contributed by atoms with Crippen LogP contribution in [0.15, 0.2) is 48.5 Å². The number of ether oxygens (including phenoxy) is 1. The topological polar surface area (TPSA) is 55.4 Å². The molecule has 0 aromatic heterocycles. The maximum atomic E-state index is 12.1. The molecule has 0 fully saturated rings. The molecule has 5 heteroatoms. The molecular weight excluding hydrogens is 346 g/mol. The number of ketones is 1. The highest BCUT2D eigenvalue weighted by Crippen LogP contribution is 2.13. The molecule has 0 heterocycles. The van der Waals surface area contributed by atoms with Crippen molar-refractivity contribution < 1.29 is 14.3 Å². The number of rotatable bonds is 6. The first-order chi connectivity index (χ1) is 10.6. The molecule has 2 rings (SSSR count). The van der Waals surface area contributed by atoms with Crippen molar-refractivity contribution >= 4 is 27.6 Å². The minimum absolute atomic E-state index is 0.0511. The van der Waals surface area contributed by atoms with E-state index in [9.17, 15) is 9.59 Å². The van der Waals surface area contributed by atoms with E-state index >= 15 is 0 Å². The fraction of sp³-hybridized carbons (Fsp3) is 0.176. The molecule has 0 aliphatic carbocycles. The van der Waals surface area contributed by atoms with Crippen molar-refractivity contribution in [1.29, 1.82) is 0 Å². The highest BCUT2D eigenvalue weighted by Gasteiger charge is 2.10. The van der Waals surface area contributed by atoms with Gasteiger partial charge in [0.1, 0.15) is 5.75 Å². The van der Waals surface area contributed by atoms with Gasteiger partial charge in [-0.05, 0) is 29.8 Å². The summed E-state index contributed by atoms with van der Waals surface area (Å²) in [5.41, 5.74) is 2.05. The van der Waals surface area contributed by atoms with Crippen LogP contribution < -0.4 is 10.1 Å². The second-order valence-corrected chi connectivity index (χ2v) is 5.23. The predicted octanol–water partition coefficient (Wildman–Crippen LogP) is 3.20. The third kappa shape index (κ3) is 4.18. The Labute approximate surface area is 137 Å². The molecule has 0 radical (unpaired) electrons. The quantitative estimate of drug-likeness (QED) is 0.634. The van der Waals surface area contributed by atoms with Crippen LogP contribution in [-0.2, 0) is 5.33 Å². The molecule has 2 aromatic carbocycles. The van der Waals surface area contributed by atoms with Crippen LogP contribution in [0.1, 0.15) is 26.3 Å². The summed E-state index contributed by atoms with van der Waals surface area (Å²) in [6.07, 6.45) is 0. The Bertz CT molecular complexity index is 626. The van der Waals surface area contributed by atoms with Crippen LogP contribution >= 0.6 is 15.9 Å². The number of methoxy groups -OCH3 is 1. The molecule has 4 nitrogen and oxygen atoms in total. The fourth-order valence-corrected chi connectivity index (χ4v) is 2.31.